The molecule has 120 valence electrons. The van der Waals surface area contributed by atoms with Gasteiger partial charge in [0.25, 0.3) is 0 Å². The van der Waals surface area contributed by atoms with Crippen LogP contribution in [0, 0.1) is 6.92 Å². The summed E-state index contributed by atoms with van der Waals surface area (Å²) >= 11 is 1.52. The lowest BCUT2D eigenvalue weighted by molar-refractivity contribution is -0.135. The van der Waals surface area contributed by atoms with Crippen molar-refractivity contribution < 1.29 is 19.1 Å². The first kappa shape index (κ1) is 16.6. The molecular weight excluding hydrogens is 304 g/mol. The van der Waals surface area contributed by atoms with Gasteiger partial charge in [0.05, 0.1) is 19.8 Å². The van der Waals surface area contributed by atoms with Crippen molar-refractivity contribution >= 4 is 23.2 Å². The third-order valence-corrected chi connectivity index (χ3v) is 4.27. The first-order valence-electron chi connectivity index (χ1n) is 7.16. The van der Waals surface area contributed by atoms with Crippen molar-refractivity contribution in [1.29, 1.82) is 0 Å². The number of amides is 1. The standard InChI is InChI=1S/C15H20N2O4S/c1-11-10-22-13(16-11)9-17(8-12-4-3-7-21-12)14(18)5-6-15(19)20-2/h5-6,10,12H,3-4,7-9H2,1-2H3/b6-5+. The molecule has 1 fully saturated rings. The van der Waals surface area contributed by atoms with Crippen LogP contribution in [0.2, 0.25) is 0 Å². The van der Waals surface area contributed by atoms with Crippen molar-refractivity contribution in [2.75, 3.05) is 20.3 Å². The number of hydrogen-bond donors (Lipinski definition) is 0. The lowest BCUT2D eigenvalue weighted by atomic mass is 10.2. The van der Waals surface area contributed by atoms with Crippen LogP contribution in [0.1, 0.15) is 23.5 Å². The van der Waals surface area contributed by atoms with Crippen LogP contribution in [0.4, 0.5) is 0 Å². The zero-order valence-corrected chi connectivity index (χ0v) is 13.6. The second-order valence-electron chi connectivity index (χ2n) is 5.09. The highest BCUT2D eigenvalue weighted by molar-refractivity contribution is 7.09. The fourth-order valence-electron chi connectivity index (χ4n) is 2.22. The molecule has 1 saturated heterocycles. The Bertz CT molecular complexity index is 549. The molecule has 0 N–H and O–H groups in total. The van der Waals surface area contributed by atoms with Crippen LogP contribution in [0.25, 0.3) is 0 Å². The third-order valence-electron chi connectivity index (χ3n) is 3.32. The monoisotopic (exact) mass is 324 g/mol. The summed E-state index contributed by atoms with van der Waals surface area (Å²) in [6, 6.07) is 0. The zero-order valence-electron chi connectivity index (χ0n) is 12.8. The highest BCUT2D eigenvalue weighted by Crippen LogP contribution is 2.17. The van der Waals surface area contributed by atoms with Crippen LogP contribution in [0.3, 0.4) is 0 Å². The molecule has 0 spiro atoms. The van der Waals surface area contributed by atoms with Crippen LogP contribution >= 0.6 is 11.3 Å². The van der Waals surface area contributed by atoms with E-state index >= 15 is 0 Å². The maximum atomic E-state index is 12.3. The number of rotatable bonds is 6. The quantitative estimate of drug-likeness (QED) is 0.588. The van der Waals surface area contributed by atoms with Crippen molar-refractivity contribution in [3.63, 3.8) is 0 Å². The molecule has 1 unspecified atom stereocenters. The Morgan fingerprint density at radius 2 is 2.36 bits per heavy atom. The fourth-order valence-corrected chi connectivity index (χ4v) is 3.00. The number of hydrogen-bond acceptors (Lipinski definition) is 6. The Morgan fingerprint density at radius 1 is 1.55 bits per heavy atom. The van der Waals surface area contributed by atoms with Crippen LogP contribution in [0.5, 0.6) is 0 Å². The van der Waals surface area contributed by atoms with E-state index in [1.807, 2.05) is 12.3 Å². The molecule has 0 saturated carbocycles. The van der Waals surface area contributed by atoms with Gasteiger partial charge in [-0.1, -0.05) is 0 Å². The molecule has 1 aliphatic heterocycles. The largest absolute Gasteiger partial charge is 0.466 e. The van der Waals surface area contributed by atoms with Gasteiger partial charge >= 0.3 is 5.97 Å². The summed E-state index contributed by atoms with van der Waals surface area (Å²) in [6.45, 7) is 3.58. The molecule has 0 aromatic carbocycles. The average Bonchev–Trinajstić information content (AvgIpc) is 3.15. The molecule has 1 aromatic rings. The van der Waals surface area contributed by atoms with E-state index in [1.165, 1.54) is 24.5 Å². The van der Waals surface area contributed by atoms with E-state index in [9.17, 15) is 9.59 Å². The van der Waals surface area contributed by atoms with Gasteiger partial charge < -0.3 is 14.4 Å². The molecule has 2 rings (SSSR count). The highest BCUT2D eigenvalue weighted by atomic mass is 32.1. The summed E-state index contributed by atoms with van der Waals surface area (Å²) in [5, 5.41) is 2.82. The van der Waals surface area contributed by atoms with Gasteiger partial charge in [0.2, 0.25) is 5.91 Å². The molecule has 1 aromatic heterocycles. The lowest BCUT2D eigenvalue weighted by Crippen LogP contribution is -2.36. The topological polar surface area (TPSA) is 68.7 Å². The predicted octanol–water partition coefficient (Wildman–Crippen LogP) is 1.69. The van der Waals surface area contributed by atoms with E-state index in [0.717, 1.165) is 36.2 Å². The maximum Gasteiger partial charge on any atom is 0.330 e. The summed E-state index contributed by atoms with van der Waals surface area (Å²) in [4.78, 5) is 29.5. The summed E-state index contributed by atoms with van der Waals surface area (Å²) in [7, 11) is 1.28. The molecule has 2 heterocycles. The van der Waals surface area contributed by atoms with Crippen molar-refractivity contribution in [2.24, 2.45) is 0 Å². The highest BCUT2D eigenvalue weighted by Gasteiger charge is 2.22. The molecule has 22 heavy (non-hydrogen) atoms. The Kier molecular flexibility index (Phi) is 6.09. The van der Waals surface area contributed by atoms with Crippen molar-refractivity contribution in [1.82, 2.24) is 9.88 Å². The van der Waals surface area contributed by atoms with Crippen LogP contribution in [-0.2, 0) is 25.6 Å². The molecule has 6 nitrogen and oxygen atoms in total. The minimum Gasteiger partial charge on any atom is -0.466 e. The molecule has 0 radical (unpaired) electrons. The van der Waals surface area contributed by atoms with Gasteiger partial charge in [0.1, 0.15) is 5.01 Å². The Labute approximate surface area is 133 Å². The van der Waals surface area contributed by atoms with Crippen molar-refractivity contribution in [3.05, 3.63) is 28.2 Å². The van der Waals surface area contributed by atoms with E-state index in [0.29, 0.717) is 13.1 Å². The SMILES string of the molecule is COC(=O)/C=C/C(=O)N(Cc1nc(C)cs1)CC1CCCO1. The van der Waals surface area contributed by atoms with Crippen molar-refractivity contribution in [3.8, 4) is 0 Å². The molecule has 1 amide bonds. The summed E-state index contributed by atoms with van der Waals surface area (Å²) in [5.74, 6) is -0.788. The number of methoxy groups -OCH3 is 1. The normalized spacial score (nSPS) is 17.8. The molecular formula is C15H20N2O4S. The van der Waals surface area contributed by atoms with Gasteiger partial charge in [-0.05, 0) is 19.8 Å². The Hall–Kier alpha value is -1.73. The van der Waals surface area contributed by atoms with Gasteiger partial charge in [-0.3, -0.25) is 4.79 Å². The first-order chi connectivity index (χ1) is 10.6. The van der Waals surface area contributed by atoms with E-state index in [-0.39, 0.29) is 12.0 Å². The Balaban J connectivity index is 2.04. The molecule has 7 heteroatoms. The van der Waals surface area contributed by atoms with E-state index in [1.54, 1.807) is 4.90 Å². The Morgan fingerprint density at radius 3 is 2.95 bits per heavy atom. The van der Waals surface area contributed by atoms with Gasteiger partial charge in [0.15, 0.2) is 0 Å². The van der Waals surface area contributed by atoms with Gasteiger partial charge in [0, 0.05) is 36.4 Å². The van der Waals surface area contributed by atoms with Crippen LogP contribution in [-0.4, -0.2) is 48.1 Å². The van der Waals surface area contributed by atoms with Gasteiger partial charge in [-0.25, -0.2) is 9.78 Å². The minimum absolute atomic E-state index is 0.0523. The number of ether oxygens (including phenoxy) is 2. The van der Waals surface area contributed by atoms with Crippen molar-refractivity contribution in [2.45, 2.75) is 32.4 Å². The van der Waals surface area contributed by atoms with Crippen LogP contribution in [0.15, 0.2) is 17.5 Å². The summed E-state index contributed by atoms with van der Waals surface area (Å²) in [6.07, 6.45) is 4.39. The van der Waals surface area contributed by atoms with Crippen LogP contribution < -0.4 is 0 Å². The number of carbonyl (C=O) groups excluding carboxylic acids is 2. The number of thiazole rings is 1. The zero-order chi connectivity index (χ0) is 15.9. The fraction of sp³-hybridized carbons (Fsp3) is 0.533. The second-order valence-corrected chi connectivity index (χ2v) is 6.04. The average molecular weight is 324 g/mol. The lowest BCUT2D eigenvalue weighted by Gasteiger charge is -2.23. The molecule has 1 atom stereocenters. The third kappa shape index (κ3) is 4.92. The number of esters is 1. The molecule has 0 aliphatic carbocycles. The number of carbonyl (C=O) groups is 2. The molecule has 1 aliphatic rings. The van der Waals surface area contributed by atoms with E-state index in [2.05, 4.69) is 9.72 Å². The summed E-state index contributed by atoms with van der Waals surface area (Å²) < 4.78 is 10.1. The van der Waals surface area contributed by atoms with Gasteiger partial charge in [-0.15, -0.1) is 11.3 Å². The summed E-state index contributed by atoms with van der Waals surface area (Å²) in [5.41, 5.74) is 0.939. The first-order valence-corrected chi connectivity index (χ1v) is 8.04. The number of nitrogens with zero attached hydrogens (tertiary/aromatic N) is 2. The van der Waals surface area contributed by atoms with E-state index < -0.39 is 5.97 Å². The molecule has 0 bridgehead atoms. The smallest absolute Gasteiger partial charge is 0.330 e. The predicted molar refractivity (Wildman–Crippen MR) is 82.4 cm³/mol. The van der Waals surface area contributed by atoms with Gasteiger partial charge in [-0.2, -0.15) is 0 Å². The number of aromatic nitrogens is 1. The van der Waals surface area contributed by atoms with E-state index in [4.69, 9.17) is 4.74 Å². The number of aryl methyl sites for hydroxylation is 1. The maximum absolute atomic E-state index is 12.3. The minimum atomic E-state index is -0.546. The second kappa shape index (κ2) is 8.05.